The quantitative estimate of drug-likeness (QED) is 0.724. The number of hydrogen-bond acceptors (Lipinski definition) is 7. The molecule has 11 heteroatoms. The van der Waals surface area contributed by atoms with Gasteiger partial charge in [0.05, 0.1) is 17.6 Å². The summed E-state index contributed by atoms with van der Waals surface area (Å²) in [5.41, 5.74) is -0.217. The van der Waals surface area contributed by atoms with Crippen LogP contribution in [-0.4, -0.2) is 48.8 Å². The van der Waals surface area contributed by atoms with Crippen molar-refractivity contribution in [2.75, 3.05) is 18.5 Å². The number of methoxy groups -OCH3 is 1. The van der Waals surface area contributed by atoms with Gasteiger partial charge < -0.3 is 4.74 Å². The van der Waals surface area contributed by atoms with Gasteiger partial charge in [0.1, 0.15) is 5.82 Å². The average Bonchev–Trinajstić information content (AvgIpc) is 2.90. The van der Waals surface area contributed by atoms with Crippen LogP contribution in [0.4, 0.5) is 10.3 Å². The summed E-state index contributed by atoms with van der Waals surface area (Å²) in [5, 5.41) is 10.4. The van der Waals surface area contributed by atoms with Crippen molar-refractivity contribution in [3.63, 3.8) is 0 Å². The lowest BCUT2D eigenvalue weighted by atomic mass is 10.2. The van der Waals surface area contributed by atoms with Crippen molar-refractivity contribution >= 4 is 21.9 Å². The molecule has 0 N–H and O–H groups in total. The molecule has 1 aromatic carbocycles. The van der Waals surface area contributed by atoms with E-state index in [9.17, 15) is 17.6 Å². The Kier molecular flexibility index (Phi) is 4.08. The highest BCUT2D eigenvalue weighted by molar-refractivity contribution is 7.92. The van der Waals surface area contributed by atoms with Crippen LogP contribution in [0.5, 0.6) is 0 Å². The van der Waals surface area contributed by atoms with Crippen LogP contribution in [0.1, 0.15) is 10.4 Å². The number of ether oxygens (including phenoxy) is 1. The van der Waals surface area contributed by atoms with Gasteiger partial charge in [0.15, 0.2) is 0 Å². The number of rotatable bonds is 4. The molecule has 0 aliphatic rings. The third-order valence-corrected chi connectivity index (χ3v) is 4.55. The lowest BCUT2D eigenvalue weighted by Crippen LogP contribution is -2.29. The first-order chi connectivity index (χ1) is 10.3. The molecule has 2 aromatic rings. The van der Waals surface area contributed by atoms with E-state index in [1.165, 1.54) is 14.1 Å². The second-order valence-corrected chi connectivity index (χ2v) is 6.21. The smallest absolute Gasteiger partial charge is 0.337 e. The Bertz CT molecular complexity index is 820. The van der Waals surface area contributed by atoms with Crippen molar-refractivity contribution < 1.29 is 22.3 Å². The van der Waals surface area contributed by atoms with Crippen LogP contribution in [-0.2, 0) is 21.8 Å². The summed E-state index contributed by atoms with van der Waals surface area (Å²) < 4.78 is 45.0. The summed E-state index contributed by atoms with van der Waals surface area (Å²) in [6, 6.07) is 2.70. The van der Waals surface area contributed by atoms with Gasteiger partial charge in [-0.1, -0.05) is 5.10 Å². The first-order valence-electron chi connectivity index (χ1n) is 5.87. The Morgan fingerprint density at radius 2 is 2.05 bits per heavy atom. The molecule has 0 atom stereocenters. The molecule has 0 spiro atoms. The minimum Gasteiger partial charge on any atom is -0.465 e. The Balaban J connectivity index is 2.52. The van der Waals surface area contributed by atoms with Gasteiger partial charge in [-0.3, -0.25) is 0 Å². The predicted octanol–water partition coefficient (Wildman–Crippen LogP) is -0.0391. The van der Waals surface area contributed by atoms with Gasteiger partial charge in [0, 0.05) is 14.1 Å². The largest absolute Gasteiger partial charge is 0.465 e. The number of esters is 1. The second kappa shape index (κ2) is 5.67. The molecule has 1 heterocycles. The second-order valence-electron chi connectivity index (χ2n) is 4.24. The molecule has 0 radical (unpaired) electrons. The summed E-state index contributed by atoms with van der Waals surface area (Å²) in [6.45, 7) is 0. The van der Waals surface area contributed by atoms with E-state index in [0.29, 0.717) is 0 Å². The van der Waals surface area contributed by atoms with Crippen LogP contribution >= 0.6 is 0 Å². The van der Waals surface area contributed by atoms with Crippen molar-refractivity contribution in [1.29, 1.82) is 0 Å². The summed E-state index contributed by atoms with van der Waals surface area (Å²) in [6.07, 6.45) is 0. The number of anilines is 1. The number of sulfonamides is 1. The minimum atomic E-state index is -4.15. The Labute approximate surface area is 125 Å². The number of aryl methyl sites for hydroxylation is 1. The van der Waals surface area contributed by atoms with Crippen LogP contribution in [0.3, 0.4) is 0 Å². The SMILES string of the molecule is COC(=O)c1cc(F)cc(S(=O)(=O)N(C)c2nnnn2C)c1. The predicted molar refractivity (Wildman–Crippen MR) is 72.1 cm³/mol. The zero-order valence-electron chi connectivity index (χ0n) is 11.9. The van der Waals surface area contributed by atoms with Crippen molar-refractivity contribution in [3.8, 4) is 0 Å². The van der Waals surface area contributed by atoms with Gasteiger partial charge in [0.2, 0.25) is 0 Å². The van der Waals surface area contributed by atoms with Crippen LogP contribution in [0.15, 0.2) is 23.1 Å². The lowest BCUT2D eigenvalue weighted by molar-refractivity contribution is 0.0600. The van der Waals surface area contributed by atoms with Gasteiger partial charge in [-0.15, -0.1) is 0 Å². The molecule has 2 rings (SSSR count). The van der Waals surface area contributed by atoms with Crippen LogP contribution < -0.4 is 4.31 Å². The third kappa shape index (κ3) is 2.74. The maximum absolute atomic E-state index is 13.6. The molecule has 9 nitrogen and oxygen atoms in total. The Hall–Kier alpha value is -2.56. The van der Waals surface area contributed by atoms with Crippen molar-refractivity contribution in [1.82, 2.24) is 20.2 Å². The fourth-order valence-corrected chi connectivity index (χ4v) is 2.93. The highest BCUT2D eigenvalue weighted by Crippen LogP contribution is 2.21. The third-order valence-electron chi connectivity index (χ3n) is 2.83. The van der Waals surface area contributed by atoms with Gasteiger partial charge in [-0.25, -0.2) is 26.6 Å². The minimum absolute atomic E-state index is 0.0659. The van der Waals surface area contributed by atoms with E-state index < -0.39 is 26.7 Å². The lowest BCUT2D eigenvalue weighted by Gasteiger charge is -2.17. The van der Waals surface area contributed by atoms with Gasteiger partial charge >= 0.3 is 5.97 Å². The number of halogens is 1. The van der Waals surface area contributed by atoms with Crippen LogP contribution in [0.2, 0.25) is 0 Å². The highest BCUT2D eigenvalue weighted by Gasteiger charge is 2.27. The molecule has 0 saturated heterocycles. The number of carbonyl (C=O) groups excluding carboxylic acids is 1. The molecule has 0 bridgehead atoms. The number of nitrogens with zero attached hydrogens (tertiary/aromatic N) is 5. The van der Waals surface area contributed by atoms with E-state index in [1.54, 1.807) is 0 Å². The van der Waals surface area contributed by atoms with E-state index >= 15 is 0 Å². The van der Waals surface area contributed by atoms with Crippen molar-refractivity contribution in [3.05, 3.63) is 29.6 Å². The average molecular weight is 329 g/mol. The maximum Gasteiger partial charge on any atom is 0.337 e. The maximum atomic E-state index is 13.6. The first-order valence-corrected chi connectivity index (χ1v) is 7.31. The van der Waals surface area contributed by atoms with Crippen LogP contribution in [0, 0.1) is 5.82 Å². The number of benzene rings is 1. The van der Waals surface area contributed by atoms with E-state index in [-0.39, 0.29) is 11.5 Å². The number of hydrogen-bond donors (Lipinski definition) is 0. The summed E-state index contributed by atoms with van der Waals surface area (Å²) in [5.74, 6) is -1.80. The molecule has 0 saturated carbocycles. The zero-order valence-corrected chi connectivity index (χ0v) is 12.7. The van der Waals surface area contributed by atoms with Gasteiger partial charge in [-0.2, -0.15) is 0 Å². The molecule has 0 fully saturated rings. The molecule has 1 aromatic heterocycles. The summed E-state index contributed by atoms with van der Waals surface area (Å²) >= 11 is 0. The monoisotopic (exact) mass is 329 g/mol. The fourth-order valence-electron chi connectivity index (χ4n) is 1.70. The van der Waals surface area contributed by atoms with E-state index in [1.807, 2.05) is 0 Å². The molecule has 118 valence electrons. The van der Waals surface area contributed by atoms with Gasteiger partial charge in [-0.05, 0) is 28.6 Å². The van der Waals surface area contributed by atoms with E-state index in [2.05, 4.69) is 20.3 Å². The normalized spacial score (nSPS) is 11.3. The number of aromatic nitrogens is 4. The topological polar surface area (TPSA) is 107 Å². The molecular formula is C11H12FN5O4S. The van der Waals surface area contributed by atoms with E-state index in [4.69, 9.17) is 0 Å². The highest BCUT2D eigenvalue weighted by atomic mass is 32.2. The van der Waals surface area contributed by atoms with E-state index in [0.717, 1.165) is 34.3 Å². The summed E-state index contributed by atoms with van der Waals surface area (Å²) in [7, 11) is -0.376. The summed E-state index contributed by atoms with van der Waals surface area (Å²) in [4.78, 5) is 11.0. The fraction of sp³-hybridized carbons (Fsp3) is 0.273. The Morgan fingerprint density at radius 3 is 2.59 bits per heavy atom. The van der Waals surface area contributed by atoms with Crippen LogP contribution in [0.25, 0.3) is 0 Å². The standard InChI is InChI=1S/C11H12FN5O4S/c1-16-11(13-14-15-16)17(2)22(19,20)9-5-7(10(18)21-3)4-8(12)6-9/h4-6H,1-3H3. The number of tetrazole rings is 1. The molecule has 0 aliphatic heterocycles. The number of carbonyl (C=O) groups is 1. The van der Waals surface area contributed by atoms with Gasteiger partial charge in [0.25, 0.3) is 16.0 Å². The Morgan fingerprint density at radius 1 is 1.36 bits per heavy atom. The molecule has 22 heavy (non-hydrogen) atoms. The first kappa shape index (κ1) is 15.8. The molecule has 0 unspecified atom stereocenters. The van der Waals surface area contributed by atoms with Crippen molar-refractivity contribution in [2.45, 2.75) is 4.90 Å². The molecule has 0 amide bonds. The van der Waals surface area contributed by atoms with Crippen molar-refractivity contribution in [2.24, 2.45) is 7.05 Å². The molecule has 0 aliphatic carbocycles. The zero-order chi connectivity index (χ0) is 16.5. The molecular weight excluding hydrogens is 317 g/mol.